The lowest BCUT2D eigenvalue weighted by Gasteiger charge is -2.23. The van der Waals surface area contributed by atoms with Crippen molar-refractivity contribution in [2.75, 3.05) is 46.0 Å². The van der Waals surface area contributed by atoms with Gasteiger partial charge in [0.25, 0.3) is 5.91 Å². The molecule has 6 nitrogen and oxygen atoms in total. The molecule has 24 heavy (non-hydrogen) atoms. The second kappa shape index (κ2) is 8.05. The Morgan fingerprint density at radius 3 is 2.42 bits per heavy atom. The first-order chi connectivity index (χ1) is 11.3. The number of amides is 1. The number of carbonyl (C=O) groups excluding carboxylic acids is 1. The first-order valence-electron chi connectivity index (χ1n) is 8.20. The molecular weight excluding hydrogens is 328 g/mol. The number of carbonyl (C=O) groups is 1. The fourth-order valence-electron chi connectivity index (χ4n) is 2.79. The highest BCUT2D eigenvalue weighted by atomic mass is 35.5. The third-order valence-electron chi connectivity index (χ3n) is 3.97. The van der Waals surface area contributed by atoms with Gasteiger partial charge in [0, 0.05) is 32.2 Å². The molecule has 0 aliphatic carbocycles. The van der Waals surface area contributed by atoms with Crippen LogP contribution in [-0.4, -0.2) is 68.1 Å². The Hall–Kier alpha value is -1.50. The average molecular weight is 355 g/mol. The van der Waals surface area contributed by atoms with Crippen LogP contribution in [-0.2, 0) is 0 Å². The van der Waals surface area contributed by atoms with Gasteiger partial charge >= 0.3 is 0 Å². The van der Waals surface area contributed by atoms with Gasteiger partial charge in [0.1, 0.15) is 5.75 Å². The van der Waals surface area contributed by atoms with E-state index in [0.29, 0.717) is 22.0 Å². The summed E-state index contributed by atoms with van der Waals surface area (Å²) >= 11 is 6.10. The first kappa shape index (κ1) is 18.8. The van der Waals surface area contributed by atoms with Gasteiger partial charge in [-0.3, -0.25) is 4.79 Å². The van der Waals surface area contributed by atoms with Crippen LogP contribution in [0, 0.1) is 0 Å². The van der Waals surface area contributed by atoms with Crippen LogP contribution in [0.15, 0.2) is 12.1 Å². The maximum atomic E-state index is 12.8. The lowest BCUT2D eigenvalue weighted by Crippen LogP contribution is -2.45. The van der Waals surface area contributed by atoms with Crippen LogP contribution in [0.4, 0.5) is 5.69 Å². The molecule has 0 aromatic heterocycles. The van der Waals surface area contributed by atoms with Gasteiger partial charge in [0.2, 0.25) is 0 Å². The van der Waals surface area contributed by atoms with Crippen LogP contribution >= 0.6 is 11.6 Å². The molecule has 0 radical (unpaired) electrons. The number of nitrogens with one attached hydrogen (secondary N) is 1. The number of rotatable bonds is 4. The Balaban J connectivity index is 2.20. The summed E-state index contributed by atoms with van der Waals surface area (Å²) in [4.78, 5) is 17.2. The largest absolute Gasteiger partial charge is 0.490 e. The van der Waals surface area contributed by atoms with Gasteiger partial charge in [-0.05, 0) is 34.0 Å². The van der Waals surface area contributed by atoms with E-state index < -0.39 is 0 Å². The number of anilines is 1. The van der Waals surface area contributed by atoms with Gasteiger partial charge in [-0.2, -0.15) is 0 Å². The molecule has 2 rings (SSSR count). The summed E-state index contributed by atoms with van der Waals surface area (Å²) in [5.41, 5.74) is 6.66. The molecule has 1 fully saturated rings. The van der Waals surface area contributed by atoms with Crippen molar-refractivity contribution < 1.29 is 9.53 Å². The Morgan fingerprint density at radius 1 is 1.29 bits per heavy atom. The summed E-state index contributed by atoms with van der Waals surface area (Å²) in [5, 5.41) is 3.45. The molecule has 1 aromatic rings. The summed E-state index contributed by atoms with van der Waals surface area (Å²) in [5.74, 6) is 0.265. The highest BCUT2D eigenvalue weighted by molar-refractivity contribution is 6.33. The maximum Gasteiger partial charge on any atom is 0.255 e. The average Bonchev–Trinajstić information content (AvgIpc) is 2.62. The smallest absolute Gasteiger partial charge is 0.255 e. The quantitative estimate of drug-likeness (QED) is 0.805. The van der Waals surface area contributed by atoms with E-state index in [9.17, 15) is 4.79 Å². The molecule has 134 valence electrons. The standard InChI is InChI=1S/C17H27ClN4O2/c1-11(2)24-16-8-15(19)14(18)7-13(16)17(23)20-12-9-21(3)5-6-22(4)10-12/h7-8,11-12H,5-6,9-10,19H2,1-4H3,(H,20,23). The van der Waals surface area contributed by atoms with E-state index >= 15 is 0 Å². The Labute approximate surface area is 148 Å². The van der Waals surface area contributed by atoms with Crippen molar-refractivity contribution in [2.45, 2.75) is 26.0 Å². The molecule has 7 heteroatoms. The lowest BCUT2D eigenvalue weighted by atomic mass is 10.1. The van der Waals surface area contributed by atoms with Crippen molar-refractivity contribution >= 4 is 23.2 Å². The molecule has 0 bridgehead atoms. The number of ether oxygens (including phenoxy) is 1. The highest BCUT2D eigenvalue weighted by Gasteiger charge is 2.23. The van der Waals surface area contributed by atoms with Crippen LogP contribution in [0.3, 0.4) is 0 Å². The minimum Gasteiger partial charge on any atom is -0.490 e. The molecule has 0 unspecified atom stereocenters. The number of nitrogens with zero attached hydrogens (tertiary/aromatic N) is 2. The number of nitrogens with two attached hydrogens (primary N) is 1. The van der Waals surface area contributed by atoms with E-state index in [2.05, 4.69) is 29.2 Å². The SMILES string of the molecule is CC(C)Oc1cc(N)c(Cl)cc1C(=O)NC1CN(C)CCN(C)C1. The van der Waals surface area contributed by atoms with Crippen molar-refractivity contribution in [1.29, 1.82) is 0 Å². The zero-order valence-corrected chi connectivity index (χ0v) is 15.6. The maximum absolute atomic E-state index is 12.8. The molecule has 1 heterocycles. The number of likely N-dealkylation sites (N-methyl/N-ethyl adjacent to an activating group) is 2. The number of hydrogen-bond acceptors (Lipinski definition) is 5. The van der Waals surface area contributed by atoms with E-state index in [0.717, 1.165) is 26.2 Å². The zero-order chi connectivity index (χ0) is 17.9. The van der Waals surface area contributed by atoms with Crippen LogP contribution in [0.25, 0.3) is 0 Å². The number of halogens is 1. The van der Waals surface area contributed by atoms with Crippen molar-refractivity contribution in [2.24, 2.45) is 0 Å². The van der Waals surface area contributed by atoms with E-state index in [-0.39, 0.29) is 18.1 Å². The number of hydrogen-bond donors (Lipinski definition) is 2. The first-order valence-corrected chi connectivity index (χ1v) is 8.57. The number of benzene rings is 1. The molecule has 1 aliphatic heterocycles. The molecule has 1 amide bonds. The molecule has 1 aromatic carbocycles. The van der Waals surface area contributed by atoms with Crippen LogP contribution in [0.1, 0.15) is 24.2 Å². The van der Waals surface area contributed by atoms with Crippen LogP contribution < -0.4 is 15.8 Å². The molecule has 0 atom stereocenters. The monoisotopic (exact) mass is 354 g/mol. The zero-order valence-electron chi connectivity index (χ0n) is 14.8. The van der Waals surface area contributed by atoms with Crippen molar-refractivity contribution in [1.82, 2.24) is 15.1 Å². The summed E-state index contributed by atoms with van der Waals surface area (Å²) < 4.78 is 5.74. The minimum atomic E-state index is -0.193. The van der Waals surface area contributed by atoms with E-state index in [1.165, 1.54) is 0 Å². The fraction of sp³-hybridized carbons (Fsp3) is 0.588. The molecule has 0 spiro atoms. The predicted molar refractivity (Wildman–Crippen MR) is 97.9 cm³/mol. The number of nitrogen functional groups attached to an aromatic ring is 1. The van der Waals surface area contributed by atoms with Crippen LogP contribution in [0.2, 0.25) is 5.02 Å². The highest BCUT2D eigenvalue weighted by Crippen LogP contribution is 2.29. The topological polar surface area (TPSA) is 70.8 Å². The van der Waals surface area contributed by atoms with E-state index in [1.807, 2.05) is 13.8 Å². The Morgan fingerprint density at radius 2 is 1.88 bits per heavy atom. The summed E-state index contributed by atoms with van der Waals surface area (Å²) in [6.45, 7) is 7.39. The van der Waals surface area contributed by atoms with E-state index in [1.54, 1.807) is 12.1 Å². The van der Waals surface area contributed by atoms with E-state index in [4.69, 9.17) is 22.1 Å². The normalized spacial score (nSPS) is 17.8. The summed E-state index contributed by atoms with van der Waals surface area (Å²) in [6.07, 6.45) is -0.0627. The van der Waals surface area contributed by atoms with Gasteiger partial charge in [-0.15, -0.1) is 0 Å². The summed E-state index contributed by atoms with van der Waals surface area (Å²) in [7, 11) is 4.12. The van der Waals surface area contributed by atoms with Gasteiger partial charge in [-0.25, -0.2) is 0 Å². The predicted octanol–water partition coefficient (Wildman–Crippen LogP) is 1.69. The van der Waals surface area contributed by atoms with Crippen LogP contribution in [0.5, 0.6) is 5.75 Å². The fourth-order valence-corrected chi connectivity index (χ4v) is 2.95. The van der Waals surface area contributed by atoms with Crippen molar-refractivity contribution in [3.8, 4) is 5.75 Å². The van der Waals surface area contributed by atoms with Crippen molar-refractivity contribution in [3.63, 3.8) is 0 Å². The van der Waals surface area contributed by atoms with Gasteiger partial charge < -0.3 is 25.6 Å². The lowest BCUT2D eigenvalue weighted by molar-refractivity contribution is 0.0921. The molecule has 1 aliphatic rings. The molecular formula is C17H27ClN4O2. The molecule has 3 N–H and O–H groups in total. The molecule has 1 saturated heterocycles. The third kappa shape index (κ3) is 5.00. The third-order valence-corrected chi connectivity index (χ3v) is 4.30. The second-order valence-corrected chi connectivity index (χ2v) is 7.14. The van der Waals surface area contributed by atoms with Gasteiger partial charge in [0.05, 0.1) is 28.4 Å². The molecule has 0 saturated carbocycles. The van der Waals surface area contributed by atoms with Gasteiger partial charge in [-0.1, -0.05) is 11.6 Å². The second-order valence-electron chi connectivity index (χ2n) is 6.73. The Kier molecular flexibility index (Phi) is 6.32. The van der Waals surface area contributed by atoms with Crippen molar-refractivity contribution in [3.05, 3.63) is 22.7 Å². The Bertz CT molecular complexity index is 582. The van der Waals surface area contributed by atoms with Gasteiger partial charge in [0.15, 0.2) is 0 Å². The summed E-state index contributed by atoms with van der Waals surface area (Å²) in [6, 6.07) is 3.23. The minimum absolute atomic E-state index is 0.0400.